The van der Waals surface area contributed by atoms with Crippen LogP contribution >= 0.6 is 27.7 Å². The second kappa shape index (κ2) is 11.2. The molecule has 5 nitrogen and oxygen atoms in total. The summed E-state index contributed by atoms with van der Waals surface area (Å²) in [6.07, 6.45) is 1.83. The topological polar surface area (TPSA) is 59.9 Å². The van der Waals surface area contributed by atoms with Crippen molar-refractivity contribution < 1.29 is 14.3 Å². The van der Waals surface area contributed by atoms with Crippen molar-refractivity contribution in [1.29, 1.82) is 0 Å². The molecule has 5 rings (SSSR count). The number of amidine groups is 1. The molecule has 1 amide bonds. The molecule has 1 aliphatic rings. The first-order valence-electron chi connectivity index (χ1n) is 11.9. The Morgan fingerprint density at radius 2 is 1.73 bits per heavy atom. The molecule has 0 spiro atoms. The Kier molecular flexibility index (Phi) is 7.63. The van der Waals surface area contributed by atoms with E-state index < -0.39 is 0 Å². The highest BCUT2D eigenvalue weighted by Crippen LogP contribution is 2.37. The molecule has 0 saturated carbocycles. The van der Waals surface area contributed by atoms with Crippen molar-refractivity contribution in [3.63, 3.8) is 0 Å². The fraction of sp³-hybridized carbons (Fsp3) is 0.133. The zero-order chi connectivity index (χ0) is 25.8. The average molecular weight is 574 g/mol. The molecule has 37 heavy (non-hydrogen) atoms. The van der Waals surface area contributed by atoms with Gasteiger partial charge < -0.3 is 14.8 Å². The van der Waals surface area contributed by atoms with Gasteiger partial charge >= 0.3 is 0 Å². The lowest BCUT2D eigenvalue weighted by molar-refractivity contribution is -0.115. The first kappa shape index (κ1) is 25.1. The van der Waals surface area contributed by atoms with E-state index in [9.17, 15) is 4.79 Å². The monoisotopic (exact) mass is 572 g/mol. The number of benzene rings is 4. The summed E-state index contributed by atoms with van der Waals surface area (Å²) < 4.78 is 12.9. The number of fused-ring (bicyclic) bond motifs is 1. The number of halogens is 1. The van der Waals surface area contributed by atoms with Crippen LogP contribution in [-0.2, 0) is 11.4 Å². The SMILES string of the molecule is CCOc1cc(/C=C2/SC(=Nc3ccc(C)cc3)NC2=O)c(Br)cc1OCc1cccc2ccccc12. The minimum absolute atomic E-state index is 0.183. The van der Waals surface area contributed by atoms with Crippen LogP contribution in [0.5, 0.6) is 11.5 Å². The number of carbonyl (C=O) groups excluding carboxylic acids is 1. The van der Waals surface area contributed by atoms with E-state index in [1.54, 1.807) is 0 Å². The molecule has 1 fully saturated rings. The zero-order valence-corrected chi connectivity index (χ0v) is 22.9. The van der Waals surface area contributed by atoms with Crippen LogP contribution < -0.4 is 14.8 Å². The van der Waals surface area contributed by atoms with Gasteiger partial charge in [-0.1, -0.05) is 76.1 Å². The van der Waals surface area contributed by atoms with Gasteiger partial charge in [0, 0.05) is 4.47 Å². The maximum atomic E-state index is 12.6. The third-order valence-corrected chi connectivity index (χ3v) is 7.42. The molecule has 0 unspecified atom stereocenters. The molecule has 0 radical (unpaired) electrons. The van der Waals surface area contributed by atoms with Gasteiger partial charge in [-0.15, -0.1) is 0 Å². The van der Waals surface area contributed by atoms with Crippen LogP contribution in [-0.4, -0.2) is 17.7 Å². The Labute approximate surface area is 228 Å². The third-order valence-electron chi connectivity index (χ3n) is 5.83. The lowest BCUT2D eigenvalue weighted by Gasteiger charge is -2.15. The highest BCUT2D eigenvalue weighted by Gasteiger charge is 2.24. The van der Waals surface area contributed by atoms with Crippen LogP contribution in [0.3, 0.4) is 0 Å². The standard InChI is InChI=1S/C30H25BrN2O3S/c1-3-35-26-15-22(16-28-29(34)33-30(37-28)32-23-13-11-19(2)12-14-23)25(31)17-27(26)36-18-21-9-6-8-20-7-4-5-10-24(20)21/h4-17H,3,18H2,1-2H3,(H,32,33,34)/b28-16+. The molecule has 1 saturated heterocycles. The maximum absolute atomic E-state index is 12.6. The van der Waals surface area contributed by atoms with E-state index in [1.165, 1.54) is 17.1 Å². The molecule has 186 valence electrons. The highest BCUT2D eigenvalue weighted by molar-refractivity contribution is 9.10. The summed E-state index contributed by atoms with van der Waals surface area (Å²) in [7, 11) is 0. The number of hydrogen-bond acceptors (Lipinski definition) is 5. The summed E-state index contributed by atoms with van der Waals surface area (Å²) in [5.74, 6) is 1.07. The molecule has 4 aromatic carbocycles. The van der Waals surface area contributed by atoms with Gasteiger partial charge in [0.1, 0.15) is 6.61 Å². The minimum atomic E-state index is -0.183. The van der Waals surface area contributed by atoms with E-state index in [1.807, 2.05) is 74.5 Å². The van der Waals surface area contributed by atoms with Crippen LogP contribution in [0.1, 0.15) is 23.6 Å². The normalized spacial score (nSPS) is 15.4. The highest BCUT2D eigenvalue weighted by atomic mass is 79.9. The number of ether oxygens (including phenoxy) is 2. The summed E-state index contributed by atoms with van der Waals surface area (Å²) >= 11 is 4.96. The Bertz CT molecular complexity index is 1520. The fourth-order valence-electron chi connectivity index (χ4n) is 3.97. The van der Waals surface area contributed by atoms with E-state index in [2.05, 4.69) is 50.5 Å². The summed E-state index contributed by atoms with van der Waals surface area (Å²) in [6, 6.07) is 26.1. The molecule has 7 heteroatoms. The van der Waals surface area contributed by atoms with E-state index in [-0.39, 0.29) is 5.91 Å². The molecular weight excluding hydrogens is 548 g/mol. The lowest BCUT2D eigenvalue weighted by atomic mass is 10.1. The molecule has 0 atom stereocenters. The molecular formula is C30H25BrN2O3S. The maximum Gasteiger partial charge on any atom is 0.264 e. The Morgan fingerprint density at radius 3 is 2.54 bits per heavy atom. The van der Waals surface area contributed by atoms with Gasteiger partial charge in [0.25, 0.3) is 5.91 Å². The summed E-state index contributed by atoms with van der Waals surface area (Å²) in [5, 5.41) is 5.74. The van der Waals surface area contributed by atoms with Gasteiger partial charge in [-0.3, -0.25) is 4.79 Å². The van der Waals surface area contributed by atoms with Crippen LogP contribution in [0, 0.1) is 6.92 Å². The lowest BCUT2D eigenvalue weighted by Crippen LogP contribution is -2.19. The van der Waals surface area contributed by atoms with Crippen molar-refractivity contribution in [3.05, 3.63) is 105 Å². The van der Waals surface area contributed by atoms with E-state index >= 15 is 0 Å². The molecule has 0 aromatic heterocycles. The van der Waals surface area contributed by atoms with Crippen LogP contribution in [0.4, 0.5) is 5.69 Å². The average Bonchev–Trinajstić information content (AvgIpc) is 3.24. The smallest absolute Gasteiger partial charge is 0.264 e. The number of hydrogen-bond donors (Lipinski definition) is 1. The third kappa shape index (κ3) is 5.89. The van der Waals surface area contributed by atoms with Gasteiger partial charge in [0.05, 0.1) is 17.2 Å². The van der Waals surface area contributed by atoms with Gasteiger partial charge in [0.2, 0.25) is 0 Å². The number of carbonyl (C=O) groups is 1. The number of nitrogens with one attached hydrogen (secondary N) is 1. The van der Waals surface area contributed by atoms with E-state index in [0.29, 0.717) is 34.8 Å². The Hall–Kier alpha value is -3.55. The van der Waals surface area contributed by atoms with Crippen molar-refractivity contribution in [3.8, 4) is 11.5 Å². The Balaban J connectivity index is 1.38. The van der Waals surface area contributed by atoms with Gasteiger partial charge in [0.15, 0.2) is 16.7 Å². The quantitative estimate of drug-likeness (QED) is 0.230. The second-order valence-corrected chi connectivity index (χ2v) is 10.4. The number of thioether (sulfide) groups is 1. The number of rotatable bonds is 7. The summed E-state index contributed by atoms with van der Waals surface area (Å²) in [6.45, 7) is 4.86. The van der Waals surface area contributed by atoms with Crippen molar-refractivity contribution in [2.75, 3.05) is 6.61 Å². The number of aryl methyl sites for hydroxylation is 1. The molecule has 1 aliphatic heterocycles. The van der Waals surface area contributed by atoms with E-state index in [0.717, 1.165) is 32.2 Å². The van der Waals surface area contributed by atoms with Crippen molar-refractivity contribution >= 4 is 61.3 Å². The number of nitrogens with zero attached hydrogens (tertiary/aromatic N) is 1. The molecule has 0 bridgehead atoms. The van der Waals surface area contributed by atoms with Gasteiger partial charge in [-0.25, -0.2) is 4.99 Å². The minimum Gasteiger partial charge on any atom is -0.490 e. The van der Waals surface area contributed by atoms with Crippen molar-refractivity contribution in [1.82, 2.24) is 5.32 Å². The van der Waals surface area contributed by atoms with Crippen LogP contribution in [0.15, 0.2) is 93.2 Å². The van der Waals surface area contributed by atoms with Crippen molar-refractivity contribution in [2.45, 2.75) is 20.5 Å². The number of aliphatic imine (C=N–C) groups is 1. The van der Waals surface area contributed by atoms with Crippen LogP contribution in [0.25, 0.3) is 16.8 Å². The first-order valence-corrected chi connectivity index (χ1v) is 13.5. The van der Waals surface area contributed by atoms with Gasteiger partial charge in [-0.05, 0) is 77.9 Å². The predicted octanol–water partition coefficient (Wildman–Crippen LogP) is 7.78. The van der Waals surface area contributed by atoms with Crippen LogP contribution in [0.2, 0.25) is 0 Å². The predicted molar refractivity (Wildman–Crippen MR) is 156 cm³/mol. The largest absolute Gasteiger partial charge is 0.490 e. The number of amides is 1. The van der Waals surface area contributed by atoms with Gasteiger partial charge in [-0.2, -0.15) is 0 Å². The zero-order valence-electron chi connectivity index (χ0n) is 20.5. The second-order valence-electron chi connectivity index (χ2n) is 8.50. The Morgan fingerprint density at radius 1 is 0.973 bits per heavy atom. The fourth-order valence-corrected chi connectivity index (χ4v) is 5.24. The summed E-state index contributed by atoms with van der Waals surface area (Å²) in [5.41, 5.74) is 3.87. The molecule has 1 heterocycles. The first-order chi connectivity index (χ1) is 18.0. The van der Waals surface area contributed by atoms with E-state index in [4.69, 9.17) is 9.47 Å². The summed E-state index contributed by atoms with van der Waals surface area (Å²) in [4.78, 5) is 17.7. The molecule has 0 aliphatic carbocycles. The van der Waals surface area contributed by atoms with Crippen molar-refractivity contribution in [2.24, 2.45) is 4.99 Å². The molecule has 4 aromatic rings. The molecule has 1 N–H and O–H groups in total.